The summed E-state index contributed by atoms with van der Waals surface area (Å²) in [7, 11) is -3.44. The average molecular weight is 372 g/mol. The van der Waals surface area contributed by atoms with Gasteiger partial charge >= 0.3 is 0 Å². The van der Waals surface area contributed by atoms with E-state index in [0.717, 1.165) is 17.0 Å². The van der Waals surface area contributed by atoms with Crippen LogP contribution in [-0.4, -0.2) is 42.1 Å². The molecule has 0 radical (unpaired) electrons. The van der Waals surface area contributed by atoms with Crippen LogP contribution in [0.25, 0.3) is 22.3 Å². The maximum absolute atomic E-state index is 12.8. The monoisotopic (exact) mass is 372 g/mol. The summed E-state index contributed by atoms with van der Waals surface area (Å²) >= 11 is 0. The lowest BCUT2D eigenvalue weighted by molar-refractivity contribution is 0.198. The molecule has 0 spiro atoms. The minimum Gasteiger partial charge on any atom is -0.398 e. The van der Waals surface area contributed by atoms with Crippen LogP contribution in [0.15, 0.2) is 29.2 Å². The topological polar surface area (TPSA) is 111 Å². The van der Waals surface area contributed by atoms with Gasteiger partial charge < -0.3 is 10.5 Å². The first-order valence-corrected chi connectivity index (χ1v) is 9.96. The lowest BCUT2D eigenvalue weighted by atomic mass is 10.1. The number of anilines is 1. The van der Waals surface area contributed by atoms with Crippen molar-refractivity contribution in [3.8, 4) is 11.4 Å². The Morgan fingerprint density at radius 1 is 1.27 bits per heavy atom. The highest BCUT2D eigenvalue weighted by molar-refractivity contribution is 7.92. The fourth-order valence-corrected chi connectivity index (χ4v) is 4.82. The van der Waals surface area contributed by atoms with E-state index in [-0.39, 0.29) is 11.5 Å². The Balaban J connectivity index is 1.82. The number of nitrogens with zero attached hydrogens (tertiary/aromatic N) is 2. The number of aromatic nitrogens is 3. The standard InChI is InChI=1S/C18H20N4O3S/c1-10-11(2)21-22-18(10)17-8-15(19)14-7-12(3-4-16(14)20-17)26(23,24)13-5-6-25-9-13/h3-4,7-8,13H,5-6,9H2,1-2H3,(H2,19,20)(H,21,22). The fourth-order valence-electron chi connectivity index (χ4n) is 3.21. The highest BCUT2D eigenvalue weighted by Crippen LogP contribution is 2.31. The van der Waals surface area contributed by atoms with E-state index in [9.17, 15) is 8.42 Å². The summed E-state index contributed by atoms with van der Waals surface area (Å²) in [5.74, 6) is 0. The van der Waals surface area contributed by atoms with Crippen LogP contribution in [-0.2, 0) is 14.6 Å². The molecule has 3 heterocycles. The van der Waals surface area contributed by atoms with Crippen LogP contribution in [0.1, 0.15) is 17.7 Å². The Morgan fingerprint density at radius 3 is 2.73 bits per heavy atom. The largest absolute Gasteiger partial charge is 0.398 e. The molecule has 1 unspecified atom stereocenters. The number of rotatable bonds is 3. The number of aryl methyl sites for hydroxylation is 1. The van der Waals surface area contributed by atoms with Crippen molar-refractivity contribution in [1.29, 1.82) is 0 Å². The van der Waals surface area contributed by atoms with Crippen molar-refractivity contribution in [3.63, 3.8) is 0 Å². The first-order chi connectivity index (χ1) is 12.4. The van der Waals surface area contributed by atoms with Crippen molar-refractivity contribution in [3.05, 3.63) is 35.5 Å². The average Bonchev–Trinajstić information content (AvgIpc) is 3.26. The van der Waals surface area contributed by atoms with Crippen LogP contribution in [0.4, 0.5) is 5.69 Å². The molecule has 2 aromatic heterocycles. The number of benzene rings is 1. The van der Waals surface area contributed by atoms with Crippen molar-refractivity contribution in [2.24, 2.45) is 0 Å². The van der Waals surface area contributed by atoms with E-state index in [0.29, 0.717) is 35.3 Å². The van der Waals surface area contributed by atoms with Gasteiger partial charge in [-0.3, -0.25) is 5.10 Å². The molecule has 1 aliphatic heterocycles. The Labute approximate surface area is 151 Å². The summed E-state index contributed by atoms with van der Waals surface area (Å²) in [5.41, 5.74) is 10.7. The first kappa shape index (κ1) is 17.0. The number of nitrogen functional groups attached to an aromatic ring is 1. The van der Waals surface area contributed by atoms with Crippen molar-refractivity contribution >= 4 is 26.4 Å². The molecule has 1 aromatic carbocycles. The van der Waals surface area contributed by atoms with Crippen LogP contribution in [0.5, 0.6) is 0 Å². The van der Waals surface area contributed by atoms with Gasteiger partial charge in [0.2, 0.25) is 0 Å². The SMILES string of the molecule is Cc1[nH]nc(-c2cc(N)c3cc(S(=O)(=O)C4CCOC4)ccc3n2)c1C. The van der Waals surface area contributed by atoms with Gasteiger partial charge in [0.15, 0.2) is 9.84 Å². The van der Waals surface area contributed by atoms with Gasteiger partial charge in [0.25, 0.3) is 0 Å². The van der Waals surface area contributed by atoms with Gasteiger partial charge in [-0.25, -0.2) is 13.4 Å². The number of nitrogens with two attached hydrogens (primary N) is 1. The predicted octanol–water partition coefficient (Wildman–Crippen LogP) is 2.39. The fraction of sp³-hybridized carbons (Fsp3) is 0.333. The minimum atomic E-state index is -3.44. The van der Waals surface area contributed by atoms with Crippen molar-refractivity contribution in [2.45, 2.75) is 30.4 Å². The Kier molecular flexibility index (Phi) is 3.96. The van der Waals surface area contributed by atoms with E-state index in [2.05, 4.69) is 15.2 Å². The van der Waals surface area contributed by atoms with Gasteiger partial charge in [-0.15, -0.1) is 0 Å². The molecular formula is C18H20N4O3S. The number of sulfone groups is 1. The van der Waals surface area contributed by atoms with E-state index in [1.165, 1.54) is 0 Å². The summed E-state index contributed by atoms with van der Waals surface area (Å²) in [4.78, 5) is 4.88. The van der Waals surface area contributed by atoms with Crippen molar-refractivity contribution in [2.75, 3.05) is 18.9 Å². The van der Waals surface area contributed by atoms with E-state index in [1.54, 1.807) is 24.3 Å². The van der Waals surface area contributed by atoms with Gasteiger partial charge in [-0.05, 0) is 50.1 Å². The Hall–Kier alpha value is -2.45. The lowest BCUT2D eigenvalue weighted by Crippen LogP contribution is -2.21. The molecule has 1 fully saturated rings. The van der Waals surface area contributed by atoms with E-state index < -0.39 is 15.1 Å². The molecule has 1 saturated heterocycles. The third-order valence-electron chi connectivity index (χ3n) is 4.96. The molecule has 136 valence electrons. The Bertz CT molecular complexity index is 1100. The minimum absolute atomic E-state index is 0.241. The number of H-pyrrole nitrogens is 1. The molecule has 1 atom stereocenters. The summed E-state index contributed by atoms with van der Waals surface area (Å²) < 4.78 is 30.8. The zero-order chi connectivity index (χ0) is 18.5. The van der Waals surface area contributed by atoms with Gasteiger partial charge in [0.05, 0.1) is 28.0 Å². The van der Waals surface area contributed by atoms with Crippen LogP contribution in [0.3, 0.4) is 0 Å². The second kappa shape index (κ2) is 6.07. The molecule has 3 aromatic rings. The quantitative estimate of drug-likeness (QED) is 0.730. The van der Waals surface area contributed by atoms with Gasteiger partial charge in [-0.2, -0.15) is 5.10 Å². The summed E-state index contributed by atoms with van der Waals surface area (Å²) in [6.07, 6.45) is 0.519. The predicted molar refractivity (Wildman–Crippen MR) is 99.6 cm³/mol. The van der Waals surface area contributed by atoms with Crippen molar-refractivity contribution < 1.29 is 13.2 Å². The molecular weight excluding hydrogens is 352 g/mol. The molecule has 26 heavy (non-hydrogen) atoms. The summed E-state index contributed by atoms with van der Waals surface area (Å²) in [6.45, 7) is 4.63. The molecule has 4 rings (SSSR count). The second-order valence-electron chi connectivity index (χ2n) is 6.63. The molecule has 1 aliphatic rings. The molecule has 0 bridgehead atoms. The molecule has 0 amide bonds. The van der Waals surface area contributed by atoms with E-state index >= 15 is 0 Å². The third-order valence-corrected chi connectivity index (χ3v) is 7.12. The summed E-state index contributed by atoms with van der Waals surface area (Å²) in [6, 6.07) is 6.64. The van der Waals surface area contributed by atoms with Crippen molar-refractivity contribution in [1.82, 2.24) is 15.2 Å². The maximum atomic E-state index is 12.8. The molecule has 3 N–H and O–H groups in total. The highest BCUT2D eigenvalue weighted by Gasteiger charge is 2.31. The van der Waals surface area contributed by atoms with Gasteiger partial charge in [-0.1, -0.05) is 0 Å². The van der Waals surface area contributed by atoms with E-state index in [1.807, 2.05) is 13.8 Å². The Morgan fingerprint density at radius 2 is 2.08 bits per heavy atom. The lowest BCUT2D eigenvalue weighted by Gasteiger charge is -2.12. The number of hydrogen-bond donors (Lipinski definition) is 2. The van der Waals surface area contributed by atoms with Gasteiger partial charge in [0.1, 0.15) is 5.69 Å². The zero-order valence-electron chi connectivity index (χ0n) is 14.6. The highest BCUT2D eigenvalue weighted by atomic mass is 32.2. The van der Waals surface area contributed by atoms with Gasteiger partial charge in [0, 0.05) is 23.4 Å². The van der Waals surface area contributed by atoms with Crippen LogP contribution < -0.4 is 5.73 Å². The smallest absolute Gasteiger partial charge is 0.183 e. The normalized spacial score (nSPS) is 17.8. The van der Waals surface area contributed by atoms with Crippen LogP contribution >= 0.6 is 0 Å². The number of hydrogen-bond acceptors (Lipinski definition) is 6. The molecule has 8 heteroatoms. The van der Waals surface area contributed by atoms with E-state index in [4.69, 9.17) is 10.5 Å². The van der Waals surface area contributed by atoms with Crippen LogP contribution in [0.2, 0.25) is 0 Å². The number of fused-ring (bicyclic) bond motifs is 1. The maximum Gasteiger partial charge on any atom is 0.183 e. The third kappa shape index (κ3) is 2.65. The number of ether oxygens (including phenoxy) is 1. The van der Waals surface area contributed by atoms with Crippen LogP contribution in [0, 0.1) is 13.8 Å². The number of aromatic amines is 1. The second-order valence-corrected chi connectivity index (χ2v) is 8.86. The zero-order valence-corrected chi connectivity index (χ0v) is 15.4. The number of nitrogens with one attached hydrogen (secondary N) is 1. The summed E-state index contributed by atoms with van der Waals surface area (Å²) in [5, 5.41) is 7.36. The molecule has 0 aliphatic carbocycles. The first-order valence-electron chi connectivity index (χ1n) is 8.42. The number of pyridine rings is 1. The molecule has 0 saturated carbocycles. The molecule has 7 nitrogen and oxygen atoms in total.